The molecule has 1 atom stereocenters. The second-order valence-corrected chi connectivity index (χ2v) is 8.44. The number of ether oxygens (including phenoxy) is 1. The summed E-state index contributed by atoms with van der Waals surface area (Å²) in [6, 6.07) is 6.48. The van der Waals surface area contributed by atoms with Gasteiger partial charge >= 0.3 is 0 Å². The number of likely N-dealkylation sites (tertiary alicyclic amines) is 1. The molecule has 0 saturated carbocycles. The van der Waals surface area contributed by atoms with E-state index in [2.05, 4.69) is 27.8 Å². The lowest BCUT2D eigenvalue weighted by Gasteiger charge is -2.16. The maximum Gasteiger partial charge on any atom is 0.215 e. The maximum atomic E-state index is 12.0. The van der Waals surface area contributed by atoms with Gasteiger partial charge in [0.25, 0.3) is 0 Å². The van der Waals surface area contributed by atoms with E-state index in [-0.39, 0.29) is 5.25 Å². The lowest BCUT2D eigenvalue weighted by Crippen LogP contribution is -2.36. The third-order valence-corrected chi connectivity index (χ3v) is 6.66. The van der Waals surface area contributed by atoms with Crippen molar-refractivity contribution in [1.29, 1.82) is 0 Å². The molecule has 0 radical (unpaired) electrons. The van der Waals surface area contributed by atoms with E-state index in [0.29, 0.717) is 13.1 Å². The third kappa shape index (κ3) is 4.05. The van der Waals surface area contributed by atoms with Crippen LogP contribution in [-0.2, 0) is 22.9 Å². The van der Waals surface area contributed by atoms with Crippen LogP contribution in [-0.4, -0.2) is 51.4 Å². The number of hydrogen-bond acceptors (Lipinski definition) is 4. The minimum atomic E-state index is -3.13. The van der Waals surface area contributed by atoms with Crippen molar-refractivity contribution < 1.29 is 13.2 Å². The first-order chi connectivity index (χ1) is 11.1. The minimum Gasteiger partial charge on any atom is -0.493 e. The van der Waals surface area contributed by atoms with Gasteiger partial charge in [0.2, 0.25) is 10.0 Å². The molecule has 1 aromatic rings. The van der Waals surface area contributed by atoms with Gasteiger partial charge in [0, 0.05) is 19.5 Å². The fourth-order valence-electron chi connectivity index (χ4n) is 3.47. The van der Waals surface area contributed by atoms with Crippen LogP contribution in [0.5, 0.6) is 5.75 Å². The third-order valence-electron chi connectivity index (χ3n) is 4.71. The van der Waals surface area contributed by atoms with Gasteiger partial charge in [-0.1, -0.05) is 19.1 Å². The molecule has 1 saturated heterocycles. The lowest BCUT2D eigenvalue weighted by molar-refractivity contribution is 0.334. The van der Waals surface area contributed by atoms with Gasteiger partial charge < -0.3 is 9.64 Å². The quantitative estimate of drug-likeness (QED) is 0.820. The molecule has 0 amide bonds. The molecule has 1 fully saturated rings. The average Bonchev–Trinajstić information content (AvgIpc) is 3.15. The first kappa shape index (κ1) is 16.7. The number of nitrogens with zero attached hydrogens (tertiary/aromatic N) is 1. The van der Waals surface area contributed by atoms with E-state index >= 15 is 0 Å². The average molecular weight is 338 g/mol. The Morgan fingerprint density at radius 2 is 2.26 bits per heavy atom. The molecule has 2 aliphatic heterocycles. The maximum absolute atomic E-state index is 12.0. The largest absolute Gasteiger partial charge is 0.493 e. The summed E-state index contributed by atoms with van der Waals surface area (Å²) in [6.07, 6.45) is 3.85. The van der Waals surface area contributed by atoms with Gasteiger partial charge in [-0.25, -0.2) is 13.1 Å². The van der Waals surface area contributed by atoms with E-state index in [1.54, 1.807) is 0 Å². The summed E-state index contributed by atoms with van der Waals surface area (Å²) < 4.78 is 32.2. The summed E-state index contributed by atoms with van der Waals surface area (Å²) >= 11 is 0. The normalized spacial score (nSPS) is 21.3. The van der Waals surface area contributed by atoms with Crippen LogP contribution in [0.15, 0.2) is 18.2 Å². The van der Waals surface area contributed by atoms with Crippen LogP contribution < -0.4 is 9.46 Å². The number of sulfonamides is 1. The Balaban J connectivity index is 1.45. The summed E-state index contributed by atoms with van der Waals surface area (Å²) in [6.45, 7) is 5.60. The van der Waals surface area contributed by atoms with E-state index < -0.39 is 10.0 Å². The summed E-state index contributed by atoms with van der Waals surface area (Å²) in [4.78, 5) is 2.27. The predicted octanol–water partition coefficient (Wildman–Crippen LogP) is 1.57. The SMILES string of the molecule is CCNS(=O)(=O)C1CCN(CCCc2ccc3c(c2)CCO3)C1. The highest BCUT2D eigenvalue weighted by atomic mass is 32.2. The predicted molar refractivity (Wildman–Crippen MR) is 91.4 cm³/mol. The summed E-state index contributed by atoms with van der Waals surface area (Å²) in [5.41, 5.74) is 2.67. The van der Waals surface area contributed by atoms with Crippen LogP contribution in [0.2, 0.25) is 0 Å². The van der Waals surface area contributed by atoms with E-state index in [1.807, 2.05) is 6.92 Å². The Hall–Kier alpha value is -1.11. The van der Waals surface area contributed by atoms with Crippen molar-refractivity contribution in [2.24, 2.45) is 0 Å². The van der Waals surface area contributed by atoms with Crippen molar-refractivity contribution in [1.82, 2.24) is 9.62 Å². The molecule has 0 aliphatic carbocycles. The van der Waals surface area contributed by atoms with Crippen LogP contribution in [0, 0.1) is 0 Å². The van der Waals surface area contributed by atoms with Crippen LogP contribution in [0.1, 0.15) is 30.9 Å². The van der Waals surface area contributed by atoms with Gasteiger partial charge in [-0.15, -0.1) is 0 Å². The van der Waals surface area contributed by atoms with Crippen LogP contribution in [0.3, 0.4) is 0 Å². The standard InChI is InChI=1S/C17H26N2O3S/c1-2-18-23(20,21)16-7-10-19(13-16)9-3-4-14-5-6-17-15(12-14)8-11-22-17/h5-6,12,16,18H,2-4,7-11,13H2,1H3. The van der Waals surface area contributed by atoms with Gasteiger partial charge in [0.05, 0.1) is 11.9 Å². The highest BCUT2D eigenvalue weighted by Crippen LogP contribution is 2.26. The smallest absolute Gasteiger partial charge is 0.215 e. The highest BCUT2D eigenvalue weighted by Gasteiger charge is 2.32. The molecule has 6 heteroatoms. The lowest BCUT2D eigenvalue weighted by atomic mass is 10.0. The molecule has 2 aliphatic rings. The monoisotopic (exact) mass is 338 g/mol. The van der Waals surface area contributed by atoms with Gasteiger partial charge in [0.1, 0.15) is 5.75 Å². The van der Waals surface area contributed by atoms with Crippen molar-refractivity contribution in [3.63, 3.8) is 0 Å². The van der Waals surface area contributed by atoms with E-state index in [4.69, 9.17) is 4.74 Å². The Morgan fingerprint density at radius 3 is 3.09 bits per heavy atom. The van der Waals surface area contributed by atoms with Crippen LogP contribution in [0.25, 0.3) is 0 Å². The molecule has 1 N–H and O–H groups in total. The number of hydrogen-bond donors (Lipinski definition) is 1. The van der Waals surface area contributed by atoms with Crippen molar-refractivity contribution in [3.05, 3.63) is 29.3 Å². The van der Waals surface area contributed by atoms with Crippen molar-refractivity contribution >= 4 is 10.0 Å². The topological polar surface area (TPSA) is 58.6 Å². The summed E-state index contributed by atoms with van der Waals surface area (Å²) in [5.74, 6) is 1.03. The van der Waals surface area contributed by atoms with E-state index in [1.165, 1.54) is 11.1 Å². The second kappa shape index (κ2) is 7.20. The number of nitrogens with one attached hydrogen (secondary N) is 1. The first-order valence-corrected chi connectivity index (χ1v) is 10.1. The number of aryl methyl sites for hydroxylation is 1. The molecular formula is C17H26N2O3S. The molecule has 3 rings (SSSR count). The molecule has 1 aromatic carbocycles. The summed E-state index contributed by atoms with van der Waals surface area (Å²) in [5, 5.41) is -0.250. The Morgan fingerprint density at radius 1 is 1.39 bits per heavy atom. The molecule has 0 aromatic heterocycles. The zero-order chi connectivity index (χ0) is 16.3. The zero-order valence-electron chi connectivity index (χ0n) is 13.8. The molecular weight excluding hydrogens is 312 g/mol. The molecule has 0 spiro atoms. The van der Waals surface area contributed by atoms with E-state index in [0.717, 1.165) is 51.1 Å². The second-order valence-electron chi connectivity index (χ2n) is 6.40. The van der Waals surface area contributed by atoms with Gasteiger partial charge in [-0.3, -0.25) is 0 Å². The molecule has 128 valence electrons. The first-order valence-electron chi connectivity index (χ1n) is 8.54. The van der Waals surface area contributed by atoms with Crippen molar-refractivity contribution in [3.8, 4) is 5.75 Å². The van der Waals surface area contributed by atoms with Gasteiger partial charge in [0.15, 0.2) is 0 Å². The minimum absolute atomic E-state index is 0.250. The molecule has 23 heavy (non-hydrogen) atoms. The van der Waals surface area contributed by atoms with E-state index in [9.17, 15) is 8.42 Å². The molecule has 0 bridgehead atoms. The van der Waals surface area contributed by atoms with Gasteiger partial charge in [-0.05, 0) is 49.5 Å². The Kier molecular flexibility index (Phi) is 5.24. The number of rotatable bonds is 7. The Bertz CT molecular complexity index is 645. The molecule has 2 heterocycles. The number of benzene rings is 1. The number of fused-ring (bicyclic) bond motifs is 1. The van der Waals surface area contributed by atoms with Crippen LogP contribution >= 0.6 is 0 Å². The fourth-order valence-corrected chi connectivity index (χ4v) is 4.94. The van der Waals surface area contributed by atoms with Crippen LogP contribution in [0.4, 0.5) is 0 Å². The Labute approximate surface area is 139 Å². The molecule has 1 unspecified atom stereocenters. The highest BCUT2D eigenvalue weighted by molar-refractivity contribution is 7.90. The molecule has 5 nitrogen and oxygen atoms in total. The zero-order valence-corrected chi connectivity index (χ0v) is 14.6. The fraction of sp³-hybridized carbons (Fsp3) is 0.647. The van der Waals surface area contributed by atoms with Crippen molar-refractivity contribution in [2.75, 3.05) is 32.8 Å². The van der Waals surface area contributed by atoms with Gasteiger partial charge in [-0.2, -0.15) is 0 Å². The van der Waals surface area contributed by atoms with Crippen molar-refractivity contribution in [2.45, 2.75) is 37.9 Å². The summed E-state index contributed by atoms with van der Waals surface area (Å²) in [7, 11) is -3.13.